The number of nitrogens with one attached hydrogen (secondary N) is 2. The van der Waals surface area contributed by atoms with Crippen molar-refractivity contribution in [3.63, 3.8) is 0 Å². The number of thiophene rings is 1. The summed E-state index contributed by atoms with van der Waals surface area (Å²) in [4.78, 5) is 23.4. The van der Waals surface area contributed by atoms with Gasteiger partial charge in [-0.15, -0.1) is 11.3 Å². The van der Waals surface area contributed by atoms with Crippen LogP contribution in [-0.2, 0) is 12.8 Å². The van der Waals surface area contributed by atoms with Crippen molar-refractivity contribution in [2.75, 3.05) is 18.4 Å². The van der Waals surface area contributed by atoms with Gasteiger partial charge in [-0.1, -0.05) is 23.7 Å². The van der Waals surface area contributed by atoms with Crippen molar-refractivity contribution in [1.82, 2.24) is 15.3 Å². The van der Waals surface area contributed by atoms with Gasteiger partial charge in [0.25, 0.3) is 5.91 Å². The maximum Gasteiger partial charge on any atom is 0.252 e. The summed E-state index contributed by atoms with van der Waals surface area (Å²) in [5.41, 5.74) is 1.88. The molecule has 2 aromatic heterocycles. The van der Waals surface area contributed by atoms with Gasteiger partial charge >= 0.3 is 0 Å². The lowest BCUT2D eigenvalue weighted by Gasteiger charge is -2.09. The number of benzene rings is 1. The van der Waals surface area contributed by atoms with Gasteiger partial charge < -0.3 is 10.6 Å². The molecule has 0 fully saturated rings. The highest BCUT2D eigenvalue weighted by Gasteiger charge is 2.21. The van der Waals surface area contributed by atoms with Crippen LogP contribution in [0.5, 0.6) is 0 Å². The van der Waals surface area contributed by atoms with Crippen molar-refractivity contribution in [1.29, 1.82) is 0 Å². The van der Waals surface area contributed by atoms with Crippen LogP contribution in [0.25, 0.3) is 10.2 Å². The molecule has 0 saturated carbocycles. The molecule has 1 aliphatic rings. The van der Waals surface area contributed by atoms with E-state index in [1.54, 1.807) is 41.9 Å². The van der Waals surface area contributed by atoms with Gasteiger partial charge in [0, 0.05) is 18.0 Å². The molecule has 4 rings (SSSR count). The summed E-state index contributed by atoms with van der Waals surface area (Å²) < 4.78 is 0. The molecular weight excluding hydrogens is 356 g/mol. The number of hydrogen-bond donors (Lipinski definition) is 2. The van der Waals surface area contributed by atoms with E-state index in [4.69, 9.17) is 11.6 Å². The van der Waals surface area contributed by atoms with Crippen molar-refractivity contribution in [3.05, 3.63) is 51.6 Å². The number of carbonyl (C=O) groups excluding carboxylic acids is 1. The van der Waals surface area contributed by atoms with Crippen molar-refractivity contribution in [2.45, 2.75) is 19.3 Å². The zero-order valence-electron chi connectivity index (χ0n) is 13.5. The summed E-state index contributed by atoms with van der Waals surface area (Å²) in [6.45, 7) is 1.08. The minimum absolute atomic E-state index is 0.170. The number of hydrogen-bond acceptors (Lipinski definition) is 5. The fraction of sp³-hybridized carbons (Fsp3) is 0.278. The molecule has 0 unspecified atom stereocenters. The third-order valence-electron chi connectivity index (χ3n) is 4.32. The molecule has 1 aromatic carbocycles. The second-order valence-electron chi connectivity index (χ2n) is 5.92. The van der Waals surface area contributed by atoms with Gasteiger partial charge in [0.2, 0.25) is 0 Å². The Morgan fingerprint density at radius 1 is 1.20 bits per heavy atom. The SMILES string of the molecule is O=C(NCCNc1ncnc2sc3c(c12)CCC3)c1ccccc1Cl. The number of aryl methyl sites for hydroxylation is 2. The second kappa shape index (κ2) is 6.98. The highest BCUT2D eigenvalue weighted by molar-refractivity contribution is 7.19. The minimum atomic E-state index is -0.170. The fourth-order valence-electron chi connectivity index (χ4n) is 3.16. The van der Waals surface area contributed by atoms with E-state index in [0.29, 0.717) is 23.7 Å². The monoisotopic (exact) mass is 372 g/mol. The summed E-state index contributed by atoms with van der Waals surface area (Å²) in [6.07, 6.45) is 5.04. The van der Waals surface area contributed by atoms with E-state index in [9.17, 15) is 4.79 Å². The minimum Gasteiger partial charge on any atom is -0.368 e. The van der Waals surface area contributed by atoms with Crippen molar-refractivity contribution < 1.29 is 4.79 Å². The van der Waals surface area contributed by atoms with Crippen LogP contribution < -0.4 is 10.6 Å². The van der Waals surface area contributed by atoms with Gasteiger partial charge in [-0.3, -0.25) is 4.79 Å². The maximum atomic E-state index is 12.2. The number of anilines is 1. The first-order valence-electron chi connectivity index (χ1n) is 8.26. The van der Waals surface area contributed by atoms with Crippen LogP contribution in [0.1, 0.15) is 27.2 Å². The lowest BCUT2D eigenvalue weighted by atomic mass is 10.2. The van der Waals surface area contributed by atoms with Gasteiger partial charge in [-0.2, -0.15) is 0 Å². The molecule has 1 aliphatic carbocycles. The van der Waals surface area contributed by atoms with Gasteiger partial charge in [-0.25, -0.2) is 9.97 Å². The predicted molar refractivity (Wildman–Crippen MR) is 102 cm³/mol. The van der Waals surface area contributed by atoms with Gasteiger partial charge in [-0.05, 0) is 37.0 Å². The molecule has 0 atom stereocenters. The highest BCUT2D eigenvalue weighted by Crippen LogP contribution is 2.38. The van der Waals surface area contributed by atoms with Crippen LogP contribution in [0.2, 0.25) is 5.02 Å². The normalized spacial score (nSPS) is 13.0. The summed E-state index contributed by atoms with van der Waals surface area (Å²) in [6, 6.07) is 7.03. The topological polar surface area (TPSA) is 66.9 Å². The lowest BCUT2D eigenvalue weighted by Crippen LogP contribution is -2.29. The zero-order chi connectivity index (χ0) is 17.2. The second-order valence-corrected chi connectivity index (χ2v) is 7.41. The summed E-state index contributed by atoms with van der Waals surface area (Å²) in [5.74, 6) is 0.688. The Morgan fingerprint density at radius 2 is 2.08 bits per heavy atom. The smallest absolute Gasteiger partial charge is 0.252 e. The zero-order valence-corrected chi connectivity index (χ0v) is 15.1. The van der Waals surface area contributed by atoms with Crippen LogP contribution in [0.15, 0.2) is 30.6 Å². The number of halogens is 1. The Hall–Kier alpha value is -2.18. The third-order valence-corrected chi connectivity index (χ3v) is 5.85. The Balaban J connectivity index is 1.40. The molecule has 0 bridgehead atoms. The molecule has 1 amide bonds. The van der Waals surface area contributed by atoms with E-state index in [-0.39, 0.29) is 5.91 Å². The van der Waals surface area contributed by atoms with E-state index in [0.717, 1.165) is 28.9 Å². The lowest BCUT2D eigenvalue weighted by molar-refractivity contribution is 0.0955. The molecule has 0 spiro atoms. The molecule has 7 heteroatoms. The number of rotatable bonds is 5. The highest BCUT2D eigenvalue weighted by atomic mass is 35.5. The van der Waals surface area contributed by atoms with Crippen molar-refractivity contribution in [2.24, 2.45) is 0 Å². The summed E-state index contributed by atoms with van der Waals surface area (Å²) in [7, 11) is 0. The first kappa shape index (κ1) is 16.3. The molecule has 0 saturated heterocycles. The predicted octanol–water partition coefficient (Wildman–Crippen LogP) is 3.68. The average Bonchev–Trinajstić information content (AvgIpc) is 3.20. The summed E-state index contributed by atoms with van der Waals surface area (Å²) >= 11 is 7.81. The summed E-state index contributed by atoms with van der Waals surface area (Å²) in [5, 5.41) is 7.82. The molecule has 2 N–H and O–H groups in total. The van der Waals surface area contributed by atoms with E-state index < -0.39 is 0 Å². The number of aromatic nitrogens is 2. The van der Waals surface area contributed by atoms with E-state index in [1.807, 2.05) is 0 Å². The largest absolute Gasteiger partial charge is 0.368 e. The maximum absolute atomic E-state index is 12.2. The van der Waals surface area contributed by atoms with Crippen molar-refractivity contribution in [3.8, 4) is 0 Å². The number of carbonyl (C=O) groups is 1. The molecule has 25 heavy (non-hydrogen) atoms. The first-order chi connectivity index (χ1) is 12.2. The first-order valence-corrected chi connectivity index (χ1v) is 9.45. The molecule has 0 radical (unpaired) electrons. The quantitative estimate of drug-likeness (QED) is 0.670. The third kappa shape index (κ3) is 3.19. The molecule has 0 aliphatic heterocycles. The van der Waals surface area contributed by atoms with E-state index in [1.165, 1.54) is 16.9 Å². The Labute approximate surface area is 154 Å². The van der Waals surface area contributed by atoms with Gasteiger partial charge in [0.15, 0.2) is 0 Å². The Morgan fingerprint density at radius 3 is 2.96 bits per heavy atom. The number of amides is 1. The van der Waals surface area contributed by atoms with Crippen molar-refractivity contribution >= 4 is 44.9 Å². The fourth-order valence-corrected chi connectivity index (χ4v) is 4.61. The van der Waals surface area contributed by atoms with Crippen LogP contribution in [0.4, 0.5) is 5.82 Å². The molecular formula is C18H17ClN4OS. The van der Waals surface area contributed by atoms with Gasteiger partial charge in [0.05, 0.1) is 16.0 Å². The standard InChI is InChI=1S/C18H17ClN4OS/c19-13-6-2-1-4-11(13)17(24)21-9-8-20-16-15-12-5-3-7-14(12)25-18(15)23-10-22-16/h1-2,4,6,10H,3,5,7-9H2,(H,21,24)(H,20,22,23). The molecule has 3 aromatic rings. The Kier molecular flexibility index (Phi) is 4.55. The van der Waals surface area contributed by atoms with Crippen LogP contribution >= 0.6 is 22.9 Å². The van der Waals surface area contributed by atoms with Crippen LogP contribution in [0, 0.1) is 0 Å². The van der Waals surface area contributed by atoms with E-state index in [2.05, 4.69) is 20.6 Å². The molecule has 2 heterocycles. The Bertz CT molecular complexity index is 940. The van der Waals surface area contributed by atoms with E-state index >= 15 is 0 Å². The van der Waals surface area contributed by atoms with Gasteiger partial charge in [0.1, 0.15) is 17.0 Å². The molecule has 128 valence electrons. The van der Waals surface area contributed by atoms with Crippen LogP contribution in [0.3, 0.4) is 0 Å². The average molecular weight is 373 g/mol. The molecule has 5 nitrogen and oxygen atoms in total. The van der Waals surface area contributed by atoms with Crippen LogP contribution in [-0.4, -0.2) is 29.0 Å². The number of nitrogens with zero attached hydrogens (tertiary/aromatic N) is 2. The number of fused-ring (bicyclic) bond motifs is 3.